The number of hydrogen-bond donors (Lipinski definition) is 1. The van der Waals surface area contributed by atoms with Crippen molar-refractivity contribution in [3.8, 4) is 0 Å². The van der Waals surface area contributed by atoms with Gasteiger partial charge in [-0.25, -0.2) is 4.39 Å². The summed E-state index contributed by atoms with van der Waals surface area (Å²) in [7, 11) is 0. The number of hydrogen-bond acceptors (Lipinski definition) is 3. The van der Waals surface area contributed by atoms with Crippen LogP contribution in [-0.2, 0) is 0 Å². The zero-order chi connectivity index (χ0) is 13.3. The smallest absolute Gasteiger partial charge is 0.128 e. The number of nitrogens with zero attached hydrogens (tertiary/aromatic N) is 2. The molecule has 0 amide bonds. The SMILES string of the molecule is Cc1cc(N2CCN(C(C)C)CC2)c(N)cc1F. The van der Waals surface area contributed by atoms with E-state index in [0.717, 1.165) is 31.9 Å². The molecule has 2 N–H and O–H groups in total. The molecule has 3 nitrogen and oxygen atoms in total. The summed E-state index contributed by atoms with van der Waals surface area (Å²) in [6.45, 7) is 10.2. The minimum atomic E-state index is -0.225. The summed E-state index contributed by atoms with van der Waals surface area (Å²) in [6.07, 6.45) is 0. The quantitative estimate of drug-likeness (QED) is 0.818. The van der Waals surface area contributed by atoms with Crippen molar-refractivity contribution in [2.24, 2.45) is 0 Å². The first-order valence-electron chi connectivity index (χ1n) is 6.53. The largest absolute Gasteiger partial charge is 0.397 e. The molecule has 1 aliphatic rings. The normalized spacial score (nSPS) is 17.5. The fourth-order valence-corrected chi connectivity index (χ4v) is 2.43. The van der Waals surface area contributed by atoms with Gasteiger partial charge in [-0.2, -0.15) is 0 Å². The molecular weight excluding hydrogens is 229 g/mol. The molecule has 0 spiro atoms. The van der Waals surface area contributed by atoms with E-state index in [4.69, 9.17) is 5.73 Å². The van der Waals surface area contributed by atoms with E-state index >= 15 is 0 Å². The van der Waals surface area contributed by atoms with Gasteiger partial charge in [0.2, 0.25) is 0 Å². The first kappa shape index (κ1) is 13.1. The Morgan fingerprint density at radius 2 is 1.78 bits per heavy atom. The molecule has 0 unspecified atom stereocenters. The number of aryl methyl sites for hydroxylation is 1. The van der Waals surface area contributed by atoms with Crippen molar-refractivity contribution in [1.29, 1.82) is 0 Å². The minimum absolute atomic E-state index is 0.225. The highest BCUT2D eigenvalue weighted by Crippen LogP contribution is 2.27. The van der Waals surface area contributed by atoms with Crippen LogP contribution in [0.1, 0.15) is 19.4 Å². The molecule has 1 aromatic rings. The van der Waals surface area contributed by atoms with Crippen LogP contribution in [0.25, 0.3) is 0 Å². The molecule has 18 heavy (non-hydrogen) atoms. The molecule has 0 saturated carbocycles. The fraction of sp³-hybridized carbons (Fsp3) is 0.571. The van der Waals surface area contributed by atoms with Crippen molar-refractivity contribution in [2.45, 2.75) is 26.8 Å². The maximum absolute atomic E-state index is 13.4. The van der Waals surface area contributed by atoms with Gasteiger partial charge in [0.15, 0.2) is 0 Å². The summed E-state index contributed by atoms with van der Waals surface area (Å²) >= 11 is 0. The van der Waals surface area contributed by atoms with E-state index < -0.39 is 0 Å². The number of nitrogens with two attached hydrogens (primary N) is 1. The van der Waals surface area contributed by atoms with Gasteiger partial charge in [-0.1, -0.05) is 0 Å². The first-order valence-corrected chi connectivity index (χ1v) is 6.53. The van der Waals surface area contributed by atoms with Gasteiger partial charge in [0.25, 0.3) is 0 Å². The van der Waals surface area contributed by atoms with Crippen LogP contribution in [0.2, 0.25) is 0 Å². The monoisotopic (exact) mass is 251 g/mol. The highest BCUT2D eigenvalue weighted by atomic mass is 19.1. The van der Waals surface area contributed by atoms with Gasteiger partial charge in [-0.3, -0.25) is 4.90 Å². The van der Waals surface area contributed by atoms with Crippen LogP contribution in [0.4, 0.5) is 15.8 Å². The van der Waals surface area contributed by atoms with Gasteiger partial charge in [-0.05, 0) is 38.5 Å². The second-order valence-corrected chi connectivity index (χ2v) is 5.28. The molecule has 1 aromatic carbocycles. The number of halogens is 1. The van der Waals surface area contributed by atoms with Crippen LogP contribution in [0, 0.1) is 12.7 Å². The highest BCUT2D eigenvalue weighted by molar-refractivity contribution is 5.69. The second-order valence-electron chi connectivity index (χ2n) is 5.28. The lowest BCUT2D eigenvalue weighted by Gasteiger charge is -2.38. The second kappa shape index (κ2) is 5.14. The van der Waals surface area contributed by atoms with Crippen LogP contribution < -0.4 is 10.6 Å². The van der Waals surface area contributed by atoms with Crippen LogP contribution in [0.5, 0.6) is 0 Å². The third kappa shape index (κ3) is 2.58. The maximum Gasteiger partial charge on any atom is 0.128 e. The van der Waals surface area contributed by atoms with Crippen LogP contribution in [-0.4, -0.2) is 37.1 Å². The Balaban J connectivity index is 2.12. The van der Waals surface area contributed by atoms with E-state index in [0.29, 0.717) is 17.3 Å². The molecule has 4 heteroatoms. The molecule has 0 aromatic heterocycles. The van der Waals surface area contributed by atoms with Crippen molar-refractivity contribution >= 4 is 11.4 Å². The maximum atomic E-state index is 13.4. The summed E-state index contributed by atoms with van der Waals surface area (Å²) in [6, 6.07) is 3.87. The first-order chi connectivity index (χ1) is 8.49. The molecular formula is C14H22FN3. The van der Waals surface area contributed by atoms with E-state index in [1.807, 2.05) is 6.07 Å². The molecule has 1 aliphatic heterocycles. The molecule has 100 valence electrons. The third-order valence-corrected chi connectivity index (χ3v) is 3.69. The van der Waals surface area contributed by atoms with Crippen LogP contribution in [0.15, 0.2) is 12.1 Å². The summed E-state index contributed by atoms with van der Waals surface area (Å²) in [5, 5.41) is 0. The fourth-order valence-electron chi connectivity index (χ4n) is 2.43. The average Bonchev–Trinajstić information content (AvgIpc) is 2.34. The lowest BCUT2D eigenvalue weighted by Crippen LogP contribution is -2.49. The molecule has 0 atom stereocenters. The predicted octanol–water partition coefficient (Wildman–Crippen LogP) is 2.25. The van der Waals surface area contributed by atoms with Crippen LogP contribution >= 0.6 is 0 Å². The van der Waals surface area contributed by atoms with Crippen LogP contribution in [0.3, 0.4) is 0 Å². The number of rotatable bonds is 2. The van der Waals surface area contributed by atoms with E-state index in [9.17, 15) is 4.39 Å². The Morgan fingerprint density at radius 3 is 2.33 bits per heavy atom. The standard InChI is InChI=1S/C14H22FN3/c1-10(2)17-4-6-18(7-5-17)14-8-11(3)12(15)9-13(14)16/h8-10H,4-7,16H2,1-3H3. The average molecular weight is 251 g/mol. The number of nitrogen functional groups attached to an aromatic ring is 1. The molecule has 0 aliphatic carbocycles. The van der Waals surface area contributed by atoms with E-state index in [1.54, 1.807) is 6.92 Å². The summed E-state index contributed by atoms with van der Waals surface area (Å²) in [5.74, 6) is -0.225. The Kier molecular flexibility index (Phi) is 3.76. The zero-order valence-electron chi connectivity index (χ0n) is 11.4. The highest BCUT2D eigenvalue weighted by Gasteiger charge is 2.20. The lowest BCUT2D eigenvalue weighted by atomic mass is 10.1. The molecule has 0 bridgehead atoms. The van der Waals surface area contributed by atoms with Crippen molar-refractivity contribution in [3.63, 3.8) is 0 Å². The molecule has 2 rings (SSSR count). The van der Waals surface area contributed by atoms with Crippen molar-refractivity contribution in [2.75, 3.05) is 36.8 Å². The summed E-state index contributed by atoms with van der Waals surface area (Å²) in [4.78, 5) is 4.70. The Morgan fingerprint density at radius 1 is 1.17 bits per heavy atom. The van der Waals surface area contributed by atoms with Gasteiger partial charge < -0.3 is 10.6 Å². The van der Waals surface area contributed by atoms with E-state index in [-0.39, 0.29) is 5.82 Å². The van der Waals surface area contributed by atoms with Crippen molar-refractivity contribution in [1.82, 2.24) is 4.90 Å². The van der Waals surface area contributed by atoms with Gasteiger partial charge in [-0.15, -0.1) is 0 Å². The number of anilines is 2. The Hall–Kier alpha value is -1.29. The van der Waals surface area contributed by atoms with E-state index in [2.05, 4.69) is 23.6 Å². The van der Waals surface area contributed by atoms with Gasteiger partial charge in [0, 0.05) is 32.2 Å². The van der Waals surface area contributed by atoms with Crippen molar-refractivity contribution < 1.29 is 4.39 Å². The summed E-state index contributed by atoms with van der Waals surface area (Å²) in [5.41, 5.74) is 8.09. The van der Waals surface area contributed by atoms with Gasteiger partial charge in [0.1, 0.15) is 5.82 Å². The van der Waals surface area contributed by atoms with Crippen molar-refractivity contribution in [3.05, 3.63) is 23.5 Å². The molecule has 1 heterocycles. The van der Waals surface area contributed by atoms with Gasteiger partial charge >= 0.3 is 0 Å². The Labute approximate surface area is 108 Å². The predicted molar refractivity (Wildman–Crippen MR) is 74.5 cm³/mol. The van der Waals surface area contributed by atoms with Gasteiger partial charge in [0.05, 0.1) is 11.4 Å². The topological polar surface area (TPSA) is 32.5 Å². The zero-order valence-corrected chi connectivity index (χ0v) is 11.4. The molecule has 1 saturated heterocycles. The Bertz CT molecular complexity index is 423. The number of piperazine rings is 1. The summed E-state index contributed by atoms with van der Waals surface area (Å²) < 4.78 is 13.4. The number of benzene rings is 1. The third-order valence-electron chi connectivity index (χ3n) is 3.69. The molecule has 0 radical (unpaired) electrons. The molecule has 1 fully saturated rings. The van der Waals surface area contributed by atoms with E-state index in [1.165, 1.54) is 6.07 Å². The minimum Gasteiger partial charge on any atom is -0.397 e. The lowest BCUT2D eigenvalue weighted by molar-refractivity contribution is 0.209.